The Balaban J connectivity index is 1.82. The summed E-state index contributed by atoms with van der Waals surface area (Å²) in [6, 6.07) is 3.86. The summed E-state index contributed by atoms with van der Waals surface area (Å²) in [4.78, 5) is 16.2. The standard InChI is InChI=1S/C14H18BrNO/c15-12-6-7-13(16-10-12)9-14(17)8-11-4-2-1-3-5-11/h6-7,10-11H,1-5,8-9H2. The SMILES string of the molecule is O=C(Cc1ccc(Br)cn1)CC1CCCCC1. The van der Waals surface area contributed by atoms with E-state index < -0.39 is 0 Å². The summed E-state index contributed by atoms with van der Waals surface area (Å²) in [5.41, 5.74) is 0.883. The molecule has 0 aromatic carbocycles. The zero-order chi connectivity index (χ0) is 12.1. The highest BCUT2D eigenvalue weighted by Gasteiger charge is 2.17. The lowest BCUT2D eigenvalue weighted by atomic mass is 9.85. The molecule has 2 nitrogen and oxygen atoms in total. The maximum atomic E-state index is 11.9. The van der Waals surface area contributed by atoms with Gasteiger partial charge in [0.15, 0.2) is 0 Å². The predicted octanol–water partition coefficient (Wildman–Crippen LogP) is 3.93. The first-order valence-electron chi connectivity index (χ1n) is 6.36. The zero-order valence-corrected chi connectivity index (χ0v) is 11.6. The van der Waals surface area contributed by atoms with Crippen molar-refractivity contribution in [2.75, 3.05) is 0 Å². The molecule has 2 rings (SSSR count). The van der Waals surface area contributed by atoms with Gasteiger partial charge in [-0.25, -0.2) is 0 Å². The lowest BCUT2D eigenvalue weighted by Crippen LogP contribution is -2.14. The fraction of sp³-hybridized carbons (Fsp3) is 0.571. The molecular formula is C14H18BrNO. The van der Waals surface area contributed by atoms with Crippen LogP contribution < -0.4 is 0 Å². The number of aromatic nitrogens is 1. The van der Waals surface area contributed by atoms with Crippen LogP contribution in [-0.4, -0.2) is 10.8 Å². The molecule has 1 aliphatic carbocycles. The minimum absolute atomic E-state index is 0.340. The van der Waals surface area contributed by atoms with Gasteiger partial charge in [0, 0.05) is 29.2 Å². The second-order valence-corrected chi connectivity index (χ2v) is 5.81. The number of Topliss-reactive ketones (excluding diaryl/α,β-unsaturated/α-hetero) is 1. The van der Waals surface area contributed by atoms with Crippen LogP contribution in [-0.2, 0) is 11.2 Å². The molecule has 0 unspecified atom stereocenters. The summed E-state index contributed by atoms with van der Waals surface area (Å²) < 4.78 is 0.959. The van der Waals surface area contributed by atoms with E-state index in [-0.39, 0.29) is 0 Å². The van der Waals surface area contributed by atoms with E-state index in [9.17, 15) is 4.79 Å². The summed E-state index contributed by atoms with van der Waals surface area (Å²) in [7, 11) is 0. The molecule has 1 aliphatic rings. The van der Waals surface area contributed by atoms with Gasteiger partial charge in [-0.3, -0.25) is 9.78 Å². The van der Waals surface area contributed by atoms with Crippen molar-refractivity contribution in [1.82, 2.24) is 4.98 Å². The first kappa shape index (κ1) is 12.7. The maximum Gasteiger partial charge on any atom is 0.139 e. The Morgan fingerprint density at radius 2 is 2.06 bits per heavy atom. The Hall–Kier alpha value is -0.700. The normalized spacial score (nSPS) is 17.0. The molecule has 0 aliphatic heterocycles. The summed E-state index contributed by atoms with van der Waals surface area (Å²) in [6.45, 7) is 0. The quantitative estimate of drug-likeness (QED) is 0.842. The molecule has 0 N–H and O–H groups in total. The van der Waals surface area contributed by atoms with Gasteiger partial charge in [0.25, 0.3) is 0 Å². The van der Waals surface area contributed by atoms with Crippen molar-refractivity contribution in [3.63, 3.8) is 0 Å². The smallest absolute Gasteiger partial charge is 0.139 e. The van der Waals surface area contributed by atoms with Crippen LogP contribution in [0.3, 0.4) is 0 Å². The van der Waals surface area contributed by atoms with Crippen LogP contribution in [0.4, 0.5) is 0 Å². The summed E-state index contributed by atoms with van der Waals surface area (Å²) in [6.07, 6.45) is 9.41. The van der Waals surface area contributed by atoms with Crippen molar-refractivity contribution in [3.05, 3.63) is 28.5 Å². The number of halogens is 1. The van der Waals surface area contributed by atoms with Gasteiger partial charge in [-0.1, -0.05) is 32.1 Å². The van der Waals surface area contributed by atoms with Gasteiger partial charge in [0.2, 0.25) is 0 Å². The number of hydrogen-bond acceptors (Lipinski definition) is 2. The van der Waals surface area contributed by atoms with Gasteiger partial charge in [-0.15, -0.1) is 0 Å². The largest absolute Gasteiger partial charge is 0.299 e. The fourth-order valence-corrected chi connectivity index (χ4v) is 2.73. The third-order valence-electron chi connectivity index (χ3n) is 3.41. The third-order valence-corrected chi connectivity index (χ3v) is 3.88. The highest BCUT2D eigenvalue weighted by Crippen LogP contribution is 2.26. The van der Waals surface area contributed by atoms with Gasteiger partial charge in [-0.2, -0.15) is 0 Å². The molecule has 1 heterocycles. The van der Waals surface area contributed by atoms with Crippen LogP contribution in [0.2, 0.25) is 0 Å². The molecule has 0 amide bonds. The van der Waals surface area contributed by atoms with Crippen LogP contribution in [0.25, 0.3) is 0 Å². The van der Waals surface area contributed by atoms with E-state index >= 15 is 0 Å². The van der Waals surface area contributed by atoms with Crippen LogP contribution in [0.15, 0.2) is 22.8 Å². The highest BCUT2D eigenvalue weighted by atomic mass is 79.9. The number of carbonyl (C=O) groups excluding carboxylic acids is 1. The number of carbonyl (C=O) groups is 1. The molecule has 1 saturated carbocycles. The number of nitrogens with zero attached hydrogens (tertiary/aromatic N) is 1. The molecule has 1 fully saturated rings. The molecule has 0 radical (unpaired) electrons. The molecule has 3 heteroatoms. The molecule has 0 spiro atoms. The van der Waals surface area contributed by atoms with Crippen LogP contribution in [0.1, 0.15) is 44.2 Å². The van der Waals surface area contributed by atoms with Crippen molar-refractivity contribution in [3.8, 4) is 0 Å². The molecule has 0 atom stereocenters. The lowest BCUT2D eigenvalue weighted by molar-refractivity contribution is -0.119. The summed E-state index contributed by atoms with van der Waals surface area (Å²) in [5, 5.41) is 0. The Morgan fingerprint density at radius 3 is 2.71 bits per heavy atom. The molecule has 1 aromatic rings. The van der Waals surface area contributed by atoms with E-state index in [1.807, 2.05) is 12.1 Å². The van der Waals surface area contributed by atoms with Gasteiger partial charge in [0.1, 0.15) is 5.78 Å². The third kappa shape index (κ3) is 4.23. The molecule has 17 heavy (non-hydrogen) atoms. The van der Waals surface area contributed by atoms with Gasteiger partial charge in [-0.05, 0) is 34.0 Å². The Labute approximate surface area is 111 Å². The van der Waals surface area contributed by atoms with E-state index in [1.54, 1.807) is 6.20 Å². The minimum Gasteiger partial charge on any atom is -0.299 e. The number of pyridine rings is 1. The lowest BCUT2D eigenvalue weighted by Gasteiger charge is -2.20. The Morgan fingerprint density at radius 1 is 1.29 bits per heavy atom. The van der Waals surface area contributed by atoms with Crippen molar-refractivity contribution in [2.45, 2.75) is 44.9 Å². The van der Waals surface area contributed by atoms with E-state index in [0.717, 1.165) is 16.6 Å². The van der Waals surface area contributed by atoms with Gasteiger partial charge < -0.3 is 0 Å². The number of ketones is 1. The van der Waals surface area contributed by atoms with Gasteiger partial charge in [0.05, 0.1) is 0 Å². The molecule has 0 bridgehead atoms. The highest BCUT2D eigenvalue weighted by molar-refractivity contribution is 9.10. The van der Waals surface area contributed by atoms with Crippen LogP contribution in [0.5, 0.6) is 0 Å². The molecule has 1 aromatic heterocycles. The zero-order valence-electron chi connectivity index (χ0n) is 9.99. The number of hydrogen-bond donors (Lipinski definition) is 0. The summed E-state index contributed by atoms with van der Waals surface area (Å²) in [5.74, 6) is 0.971. The maximum absolute atomic E-state index is 11.9. The van der Waals surface area contributed by atoms with E-state index in [1.165, 1.54) is 32.1 Å². The average molecular weight is 296 g/mol. The molecule has 92 valence electrons. The Bertz CT molecular complexity index is 368. The van der Waals surface area contributed by atoms with Crippen LogP contribution >= 0.6 is 15.9 Å². The van der Waals surface area contributed by atoms with Crippen molar-refractivity contribution in [2.24, 2.45) is 5.92 Å². The number of rotatable bonds is 4. The first-order valence-corrected chi connectivity index (χ1v) is 7.15. The monoisotopic (exact) mass is 295 g/mol. The van der Waals surface area contributed by atoms with Crippen molar-refractivity contribution >= 4 is 21.7 Å². The van der Waals surface area contributed by atoms with Crippen molar-refractivity contribution < 1.29 is 4.79 Å². The second kappa shape index (κ2) is 6.29. The average Bonchev–Trinajstić information content (AvgIpc) is 2.33. The second-order valence-electron chi connectivity index (χ2n) is 4.89. The summed E-state index contributed by atoms with van der Waals surface area (Å²) >= 11 is 3.34. The molecular weight excluding hydrogens is 278 g/mol. The topological polar surface area (TPSA) is 30.0 Å². The minimum atomic E-state index is 0.340. The van der Waals surface area contributed by atoms with E-state index in [2.05, 4.69) is 20.9 Å². The Kier molecular flexibility index (Phi) is 4.72. The first-order chi connectivity index (χ1) is 8.24. The van der Waals surface area contributed by atoms with Gasteiger partial charge >= 0.3 is 0 Å². The fourth-order valence-electron chi connectivity index (χ4n) is 2.50. The van der Waals surface area contributed by atoms with E-state index in [4.69, 9.17) is 0 Å². The van der Waals surface area contributed by atoms with E-state index in [0.29, 0.717) is 18.1 Å². The predicted molar refractivity (Wildman–Crippen MR) is 71.8 cm³/mol. The molecule has 0 saturated heterocycles. The van der Waals surface area contributed by atoms with Crippen molar-refractivity contribution in [1.29, 1.82) is 0 Å². The van der Waals surface area contributed by atoms with Crippen LogP contribution in [0, 0.1) is 5.92 Å².